The number of nitrogens with one attached hydrogen (secondary N) is 1. The molecule has 4 nitrogen and oxygen atoms in total. The molecule has 1 heterocycles. The third-order valence-electron chi connectivity index (χ3n) is 3.68. The number of anilines is 2. The molecule has 0 amide bonds. The number of aromatic nitrogens is 1. The van der Waals surface area contributed by atoms with Crippen molar-refractivity contribution >= 4 is 11.5 Å². The second-order valence-corrected chi connectivity index (χ2v) is 5.40. The van der Waals surface area contributed by atoms with E-state index in [2.05, 4.69) is 17.2 Å². The Labute approximate surface area is 109 Å². The first-order valence-electron chi connectivity index (χ1n) is 6.76. The molecular weight excluding hydrogens is 226 g/mol. The number of ether oxygens (including phenoxy) is 1. The molecule has 1 aliphatic carbocycles. The Morgan fingerprint density at radius 2 is 2.11 bits per heavy atom. The zero-order valence-electron chi connectivity index (χ0n) is 11.3. The van der Waals surface area contributed by atoms with Gasteiger partial charge >= 0.3 is 0 Å². The Kier molecular flexibility index (Phi) is 3.94. The van der Waals surface area contributed by atoms with Crippen LogP contribution >= 0.6 is 0 Å². The fourth-order valence-electron chi connectivity index (χ4n) is 2.51. The number of hydrogen-bond acceptors (Lipinski definition) is 4. The summed E-state index contributed by atoms with van der Waals surface area (Å²) in [7, 11) is 0. The van der Waals surface area contributed by atoms with Gasteiger partial charge in [0.1, 0.15) is 5.82 Å². The minimum absolute atomic E-state index is 0.412. The molecule has 1 aromatic heterocycles. The van der Waals surface area contributed by atoms with Gasteiger partial charge in [0.15, 0.2) is 0 Å². The summed E-state index contributed by atoms with van der Waals surface area (Å²) in [6.45, 7) is 5.82. The summed E-state index contributed by atoms with van der Waals surface area (Å²) in [5.74, 6) is 1.37. The van der Waals surface area contributed by atoms with Crippen molar-refractivity contribution in [1.29, 1.82) is 0 Å². The van der Waals surface area contributed by atoms with E-state index in [1.165, 1.54) is 25.7 Å². The van der Waals surface area contributed by atoms with E-state index in [-0.39, 0.29) is 0 Å². The van der Waals surface area contributed by atoms with E-state index in [1.54, 1.807) is 0 Å². The molecular formula is C14H23N3O. The van der Waals surface area contributed by atoms with Crippen LogP contribution in [0.5, 0.6) is 5.88 Å². The van der Waals surface area contributed by atoms with Crippen LogP contribution in [-0.4, -0.2) is 18.1 Å². The third kappa shape index (κ3) is 3.06. The van der Waals surface area contributed by atoms with E-state index < -0.39 is 0 Å². The molecule has 1 fully saturated rings. The first-order chi connectivity index (χ1) is 8.63. The van der Waals surface area contributed by atoms with Gasteiger partial charge in [0, 0.05) is 6.54 Å². The molecule has 0 atom stereocenters. The van der Waals surface area contributed by atoms with Gasteiger partial charge in [-0.3, -0.25) is 0 Å². The quantitative estimate of drug-likeness (QED) is 0.842. The van der Waals surface area contributed by atoms with E-state index >= 15 is 0 Å². The van der Waals surface area contributed by atoms with Crippen molar-refractivity contribution in [2.24, 2.45) is 5.41 Å². The van der Waals surface area contributed by atoms with Crippen LogP contribution in [0.1, 0.15) is 39.5 Å². The maximum atomic E-state index is 5.80. The molecule has 0 saturated heterocycles. The van der Waals surface area contributed by atoms with Crippen LogP contribution in [0.25, 0.3) is 0 Å². The lowest BCUT2D eigenvalue weighted by Crippen LogP contribution is -2.23. The Bertz CT molecular complexity index is 400. The highest BCUT2D eigenvalue weighted by atomic mass is 16.5. The predicted octanol–water partition coefficient (Wildman–Crippen LogP) is 3.05. The molecule has 2 rings (SSSR count). The molecule has 1 saturated carbocycles. The number of rotatable bonds is 5. The predicted molar refractivity (Wildman–Crippen MR) is 74.9 cm³/mol. The molecule has 0 aliphatic heterocycles. The number of pyridine rings is 1. The standard InChI is InChI=1S/C14H23N3O/c1-3-18-13-11(15)6-7-12(17-13)16-10-14(2)8-4-5-9-14/h6-7H,3-5,8-10,15H2,1-2H3,(H,16,17). The maximum Gasteiger partial charge on any atom is 0.239 e. The Morgan fingerprint density at radius 3 is 2.78 bits per heavy atom. The summed E-state index contributed by atoms with van der Waals surface area (Å²) < 4.78 is 5.40. The fourth-order valence-corrected chi connectivity index (χ4v) is 2.51. The van der Waals surface area contributed by atoms with Gasteiger partial charge in [-0.1, -0.05) is 19.8 Å². The van der Waals surface area contributed by atoms with E-state index in [1.807, 2.05) is 19.1 Å². The van der Waals surface area contributed by atoms with E-state index in [9.17, 15) is 0 Å². The maximum absolute atomic E-state index is 5.80. The van der Waals surface area contributed by atoms with Crippen LogP contribution in [0, 0.1) is 5.41 Å². The van der Waals surface area contributed by atoms with Crippen LogP contribution in [0.4, 0.5) is 11.5 Å². The van der Waals surface area contributed by atoms with E-state index in [4.69, 9.17) is 10.5 Å². The van der Waals surface area contributed by atoms with Gasteiger partial charge in [-0.25, -0.2) is 0 Å². The molecule has 0 radical (unpaired) electrons. The van der Waals surface area contributed by atoms with Gasteiger partial charge in [0.2, 0.25) is 5.88 Å². The van der Waals surface area contributed by atoms with Gasteiger partial charge < -0.3 is 15.8 Å². The highest BCUT2D eigenvalue weighted by molar-refractivity contribution is 5.53. The van der Waals surface area contributed by atoms with Crippen molar-refractivity contribution in [3.8, 4) is 5.88 Å². The van der Waals surface area contributed by atoms with Crippen molar-refractivity contribution < 1.29 is 4.74 Å². The smallest absolute Gasteiger partial charge is 0.239 e. The van der Waals surface area contributed by atoms with Gasteiger partial charge in [-0.2, -0.15) is 4.98 Å². The average molecular weight is 249 g/mol. The molecule has 4 heteroatoms. The van der Waals surface area contributed by atoms with Gasteiger partial charge in [0.05, 0.1) is 12.3 Å². The minimum Gasteiger partial charge on any atom is -0.476 e. The number of nitrogens with zero attached hydrogens (tertiary/aromatic N) is 1. The molecule has 0 aromatic carbocycles. The Balaban J connectivity index is 1.98. The largest absolute Gasteiger partial charge is 0.476 e. The first kappa shape index (κ1) is 13.0. The number of nitrogen functional groups attached to an aromatic ring is 1. The summed E-state index contributed by atoms with van der Waals surface area (Å²) in [5, 5.41) is 3.41. The van der Waals surface area contributed by atoms with E-state index in [0.29, 0.717) is 23.6 Å². The first-order valence-corrected chi connectivity index (χ1v) is 6.76. The van der Waals surface area contributed by atoms with Crippen molar-refractivity contribution in [1.82, 2.24) is 4.98 Å². The lowest BCUT2D eigenvalue weighted by Gasteiger charge is -2.24. The molecule has 100 valence electrons. The zero-order valence-corrected chi connectivity index (χ0v) is 11.3. The molecule has 18 heavy (non-hydrogen) atoms. The van der Waals surface area contributed by atoms with Crippen molar-refractivity contribution in [3.05, 3.63) is 12.1 Å². The molecule has 1 aliphatic rings. The Morgan fingerprint density at radius 1 is 1.39 bits per heavy atom. The van der Waals surface area contributed by atoms with Gasteiger partial charge in [-0.05, 0) is 37.3 Å². The third-order valence-corrected chi connectivity index (χ3v) is 3.68. The lowest BCUT2D eigenvalue weighted by atomic mass is 9.89. The molecule has 3 N–H and O–H groups in total. The van der Waals surface area contributed by atoms with Crippen LogP contribution in [0.2, 0.25) is 0 Å². The molecule has 0 spiro atoms. The number of hydrogen-bond donors (Lipinski definition) is 2. The average Bonchev–Trinajstić information content (AvgIpc) is 2.78. The number of nitrogens with two attached hydrogens (primary N) is 1. The summed E-state index contributed by atoms with van der Waals surface area (Å²) in [6.07, 6.45) is 5.29. The highest BCUT2D eigenvalue weighted by Crippen LogP contribution is 2.37. The monoisotopic (exact) mass is 249 g/mol. The van der Waals surface area contributed by atoms with E-state index in [0.717, 1.165) is 12.4 Å². The van der Waals surface area contributed by atoms with Crippen molar-refractivity contribution in [2.45, 2.75) is 39.5 Å². The second kappa shape index (κ2) is 5.46. The fraction of sp³-hybridized carbons (Fsp3) is 0.643. The van der Waals surface area contributed by atoms with Crippen LogP contribution in [0.3, 0.4) is 0 Å². The minimum atomic E-state index is 0.412. The zero-order chi connectivity index (χ0) is 13.0. The lowest BCUT2D eigenvalue weighted by molar-refractivity contribution is 0.328. The van der Waals surface area contributed by atoms with Crippen molar-refractivity contribution in [2.75, 3.05) is 24.2 Å². The topological polar surface area (TPSA) is 60.2 Å². The summed E-state index contributed by atoms with van der Waals surface area (Å²) >= 11 is 0. The highest BCUT2D eigenvalue weighted by Gasteiger charge is 2.28. The molecule has 0 unspecified atom stereocenters. The second-order valence-electron chi connectivity index (χ2n) is 5.40. The van der Waals surface area contributed by atoms with Crippen molar-refractivity contribution in [3.63, 3.8) is 0 Å². The molecule has 1 aromatic rings. The normalized spacial score (nSPS) is 17.7. The summed E-state index contributed by atoms with van der Waals surface area (Å²) in [4.78, 5) is 4.40. The molecule has 0 bridgehead atoms. The summed E-state index contributed by atoms with van der Waals surface area (Å²) in [5.41, 5.74) is 6.81. The van der Waals surface area contributed by atoms with Gasteiger partial charge in [0.25, 0.3) is 0 Å². The van der Waals surface area contributed by atoms with Crippen LogP contribution < -0.4 is 15.8 Å². The van der Waals surface area contributed by atoms with Crippen LogP contribution in [-0.2, 0) is 0 Å². The van der Waals surface area contributed by atoms with Gasteiger partial charge in [-0.15, -0.1) is 0 Å². The van der Waals surface area contributed by atoms with Crippen LogP contribution in [0.15, 0.2) is 12.1 Å². The Hall–Kier alpha value is -1.45. The SMILES string of the molecule is CCOc1nc(NCC2(C)CCCC2)ccc1N. The summed E-state index contributed by atoms with van der Waals surface area (Å²) in [6, 6.07) is 3.76.